The van der Waals surface area contributed by atoms with Crippen LogP contribution < -0.4 is 10.5 Å². The SMILES string of the molecule is CC(C)(C)OC(=O)N1CC(N2C[C@H]3CC(N4CCC(n5nc(-c6ccc(Oc7ccccc7)cc6)c6c(N)ncnc65)CC4)C[C@H]3C2)C1. The van der Waals surface area contributed by atoms with Gasteiger partial charge in [0.15, 0.2) is 5.65 Å². The Labute approximate surface area is 282 Å². The van der Waals surface area contributed by atoms with Gasteiger partial charge in [0.1, 0.15) is 34.9 Å². The number of benzene rings is 2. The minimum atomic E-state index is -0.444. The molecule has 5 heterocycles. The summed E-state index contributed by atoms with van der Waals surface area (Å²) < 4.78 is 13.7. The average molecular weight is 651 g/mol. The Balaban J connectivity index is 0.879. The number of hydrogen-bond donors (Lipinski definition) is 1. The topological polar surface area (TPSA) is 115 Å². The van der Waals surface area contributed by atoms with E-state index in [0.29, 0.717) is 17.9 Å². The smallest absolute Gasteiger partial charge is 0.410 e. The van der Waals surface area contributed by atoms with E-state index in [2.05, 4.69) is 24.4 Å². The lowest BCUT2D eigenvalue weighted by atomic mass is 10.0. The van der Waals surface area contributed by atoms with Crippen LogP contribution in [0.4, 0.5) is 10.6 Å². The van der Waals surface area contributed by atoms with Gasteiger partial charge in [-0.05, 0) is 94.7 Å². The van der Waals surface area contributed by atoms with Gasteiger partial charge in [0.25, 0.3) is 0 Å². The van der Waals surface area contributed by atoms with Crippen LogP contribution in [0.25, 0.3) is 22.3 Å². The molecule has 1 amide bonds. The highest BCUT2D eigenvalue weighted by Gasteiger charge is 2.47. The highest BCUT2D eigenvalue weighted by atomic mass is 16.6. The molecule has 2 N–H and O–H groups in total. The Morgan fingerprint density at radius 2 is 1.48 bits per heavy atom. The van der Waals surface area contributed by atoms with Crippen molar-refractivity contribution >= 4 is 22.9 Å². The number of piperidine rings is 1. The van der Waals surface area contributed by atoms with Gasteiger partial charge in [-0.2, -0.15) is 5.10 Å². The fraction of sp³-hybridized carbons (Fsp3) is 0.514. The summed E-state index contributed by atoms with van der Waals surface area (Å²) in [7, 11) is 0. The molecular weight excluding hydrogens is 604 g/mol. The van der Waals surface area contributed by atoms with Crippen molar-refractivity contribution in [3.63, 3.8) is 0 Å². The van der Waals surface area contributed by atoms with E-state index in [1.54, 1.807) is 6.33 Å². The van der Waals surface area contributed by atoms with Crippen molar-refractivity contribution in [1.29, 1.82) is 0 Å². The third-order valence-electron chi connectivity index (χ3n) is 10.8. The molecule has 0 bridgehead atoms. The van der Waals surface area contributed by atoms with Gasteiger partial charge in [0.05, 0.1) is 11.4 Å². The van der Waals surface area contributed by atoms with E-state index >= 15 is 0 Å². The number of amides is 1. The molecule has 4 aliphatic rings. The van der Waals surface area contributed by atoms with Crippen molar-refractivity contribution in [1.82, 2.24) is 34.4 Å². The van der Waals surface area contributed by atoms with Crippen LogP contribution in [0.15, 0.2) is 60.9 Å². The Morgan fingerprint density at radius 1 is 0.812 bits per heavy atom. The normalized spacial score (nSPS) is 24.1. The van der Waals surface area contributed by atoms with E-state index in [1.807, 2.05) is 80.3 Å². The molecule has 0 spiro atoms. The van der Waals surface area contributed by atoms with Gasteiger partial charge in [-0.1, -0.05) is 18.2 Å². The van der Waals surface area contributed by atoms with E-state index in [1.165, 1.54) is 12.8 Å². The predicted molar refractivity (Wildman–Crippen MR) is 185 cm³/mol. The molecule has 252 valence electrons. The van der Waals surface area contributed by atoms with E-state index in [4.69, 9.17) is 20.3 Å². The summed E-state index contributed by atoms with van der Waals surface area (Å²) in [6.07, 6.45) is 5.98. The first-order valence-corrected chi connectivity index (χ1v) is 17.5. The number of para-hydroxylation sites is 1. The van der Waals surface area contributed by atoms with Crippen molar-refractivity contribution in [2.45, 2.75) is 70.2 Å². The molecule has 2 aromatic carbocycles. The number of nitrogens with two attached hydrogens (primary N) is 1. The number of carbonyl (C=O) groups is 1. The molecule has 4 aromatic rings. The van der Waals surface area contributed by atoms with Crippen molar-refractivity contribution < 1.29 is 14.3 Å². The van der Waals surface area contributed by atoms with Gasteiger partial charge in [-0.25, -0.2) is 19.4 Å². The number of nitrogens with zero attached hydrogens (tertiary/aromatic N) is 7. The minimum Gasteiger partial charge on any atom is -0.457 e. The molecule has 1 saturated carbocycles. The highest BCUT2D eigenvalue weighted by molar-refractivity contribution is 5.98. The number of fused-ring (bicyclic) bond motifs is 2. The van der Waals surface area contributed by atoms with E-state index in [0.717, 1.165) is 97.7 Å². The number of carbonyl (C=O) groups excluding carboxylic acids is 1. The second kappa shape index (κ2) is 12.3. The fourth-order valence-corrected chi connectivity index (χ4v) is 8.32. The van der Waals surface area contributed by atoms with Gasteiger partial charge in [-0.3, -0.25) is 4.90 Å². The van der Waals surface area contributed by atoms with Crippen molar-refractivity contribution in [2.75, 3.05) is 45.0 Å². The molecule has 4 fully saturated rings. The molecule has 3 atom stereocenters. The molecule has 3 aliphatic heterocycles. The van der Waals surface area contributed by atoms with Crippen molar-refractivity contribution in [3.8, 4) is 22.8 Å². The van der Waals surface area contributed by atoms with Crippen LogP contribution in [0, 0.1) is 11.8 Å². The Morgan fingerprint density at radius 3 is 2.15 bits per heavy atom. The summed E-state index contributed by atoms with van der Waals surface area (Å²) in [4.78, 5) is 28.6. The minimum absolute atomic E-state index is 0.180. The zero-order valence-corrected chi connectivity index (χ0v) is 28.2. The molecule has 3 saturated heterocycles. The standard InChI is InChI=1S/C37H46N8O3/c1-37(2,3)48-36(46)44-21-29(22-44)43-19-25-17-28(18-26(25)20-43)42-15-13-27(14-16-42)45-35-32(34(38)39-23-40-35)33(41-45)24-9-11-31(12-10-24)47-30-7-5-4-6-8-30/h4-12,23,25-29H,13-22H2,1-3H3,(H2,38,39,40)/t25-,26+,28?. The van der Waals surface area contributed by atoms with Crippen LogP contribution in [-0.4, -0.2) is 97.5 Å². The van der Waals surface area contributed by atoms with Crippen molar-refractivity contribution in [2.24, 2.45) is 11.8 Å². The Bertz CT molecular complexity index is 1740. The maximum absolute atomic E-state index is 12.4. The third-order valence-corrected chi connectivity index (χ3v) is 10.8. The van der Waals surface area contributed by atoms with E-state index < -0.39 is 5.60 Å². The Kier molecular flexibility index (Phi) is 7.99. The first-order valence-electron chi connectivity index (χ1n) is 17.5. The van der Waals surface area contributed by atoms with Gasteiger partial charge < -0.3 is 25.0 Å². The molecular formula is C37H46N8O3. The van der Waals surface area contributed by atoms with Gasteiger partial charge >= 0.3 is 6.09 Å². The predicted octanol–water partition coefficient (Wildman–Crippen LogP) is 5.83. The molecule has 0 radical (unpaired) electrons. The fourth-order valence-electron chi connectivity index (χ4n) is 8.32. The summed E-state index contributed by atoms with van der Waals surface area (Å²) in [5.74, 6) is 3.53. The second-order valence-electron chi connectivity index (χ2n) is 15.1. The summed E-state index contributed by atoms with van der Waals surface area (Å²) in [6.45, 7) is 11.8. The number of ether oxygens (including phenoxy) is 2. The number of aromatic nitrogens is 4. The quantitative estimate of drug-likeness (QED) is 0.275. The van der Waals surface area contributed by atoms with Crippen LogP contribution in [0.2, 0.25) is 0 Å². The van der Waals surface area contributed by atoms with Crippen LogP contribution in [0.5, 0.6) is 11.5 Å². The highest BCUT2D eigenvalue weighted by Crippen LogP contribution is 2.43. The molecule has 11 nitrogen and oxygen atoms in total. The third kappa shape index (κ3) is 6.09. The molecule has 2 aromatic heterocycles. The van der Waals surface area contributed by atoms with Crippen LogP contribution in [0.1, 0.15) is 52.5 Å². The first-order chi connectivity index (χ1) is 23.2. The number of hydrogen-bond acceptors (Lipinski definition) is 9. The number of rotatable bonds is 6. The molecule has 1 unspecified atom stereocenters. The second-order valence-corrected chi connectivity index (χ2v) is 15.1. The summed E-state index contributed by atoms with van der Waals surface area (Å²) >= 11 is 0. The molecule has 8 rings (SSSR count). The largest absolute Gasteiger partial charge is 0.457 e. The van der Waals surface area contributed by atoms with E-state index in [9.17, 15) is 4.79 Å². The van der Waals surface area contributed by atoms with Gasteiger partial charge in [0, 0.05) is 56.9 Å². The number of likely N-dealkylation sites (tertiary alicyclic amines) is 3. The van der Waals surface area contributed by atoms with Crippen LogP contribution in [0.3, 0.4) is 0 Å². The lowest BCUT2D eigenvalue weighted by Gasteiger charge is -2.44. The lowest BCUT2D eigenvalue weighted by molar-refractivity contribution is -0.0129. The van der Waals surface area contributed by atoms with Gasteiger partial charge in [-0.15, -0.1) is 0 Å². The zero-order chi connectivity index (χ0) is 33.0. The summed E-state index contributed by atoms with van der Waals surface area (Å²) in [5.41, 5.74) is 8.57. The van der Waals surface area contributed by atoms with Crippen LogP contribution in [-0.2, 0) is 4.74 Å². The molecule has 1 aliphatic carbocycles. The number of anilines is 1. The maximum Gasteiger partial charge on any atom is 0.410 e. The van der Waals surface area contributed by atoms with E-state index in [-0.39, 0.29) is 12.1 Å². The zero-order valence-electron chi connectivity index (χ0n) is 28.2. The summed E-state index contributed by atoms with van der Waals surface area (Å²) in [6, 6.07) is 19.2. The monoisotopic (exact) mass is 650 g/mol. The van der Waals surface area contributed by atoms with Crippen molar-refractivity contribution in [3.05, 3.63) is 60.9 Å². The molecule has 48 heavy (non-hydrogen) atoms. The average Bonchev–Trinajstić information content (AvgIpc) is 3.74. The number of nitrogen functional groups attached to an aromatic ring is 1. The molecule has 11 heteroatoms. The first kappa shape index (κ1) is 31.1. The maximum atomic E-state index is 12.4. The Hall–Kier alpha value is -4.22. The lowest BCUT2D eigenvalue weighted by Crippen LogP contribution is -2.61. The summed E-state index contributed by atoms with van der Waals surface area (Å²) in [5, 5.41) is 5.95. The van der Waals surface area contributed by atoms with Gasteiger partial charge in [0.2, 0.25) is 0 Å². The van der Waals surface area contributed by atoms with Crippen LogP contribution >= 0.6 is 0 Å².